The van der Waals surface area contributed by atoms with E-state index in [1.54, 1.807) is 12.3 Å². The van der Waals surface area contributed by atoms with Crippen molar-refractivity contribution in [2.75, 3.05) is 25.0 Å². The van der Waals surface area contributed by atoms with Crippen LogP contribution in [0.4, 0.5) is 23.7 Å². The Labute approximate surface area is 188 Å². The number of aryl methyl sites for hydroxylation is 1. The Morgan fingerprint density at radius 3 is 2.66 bits per heavy atom. The number of nitrogens with zero attached hydrogens (tertiary/aromatic N) is 2. The Bertz CT molecular complexity index is 1030. The van der Waals surface area contributed by atoms with Gasteiger partial charge in [0.15, 0.2) is 0 Å². The molecular formula is C22H23ClF3N3O3. The monoisotopic (exact) mass is 469 g/mol. The Hall–Kier alpha value is -2.62. The average Bonchev–Trinajstić information content (AvgIpc) is 2.73. The quantitative estimate of drug-likeness (QED) is 0.610. The van der Waals surface area contributed by atoms with Crippen LogP contribution in [0.1, 0.15) is 28.8 Å². The van der Waals surface area contributed by atoms with Crippen molar-refractivity contribution >= 4 is 28.9 Å². The lowest BCUT2D eigenvalue weighted by atomic mass is 10.0. The summed E-state index contributed by atoms with van der Waals surface area (Å²) in [5.41, 5.74) is 1.75. The van der Waals surface area contributed by atoms with Crippen molar-refractivity contribution in [3.05, 3.63) is 63.9 Å². The second-order valence-electron chi connectivity index (χ2n) is 7.60. The van der Waals surface area contributed by atoms with Crippen molar-refractivity contribution < 1.29 is 28.2 Å². The van der Waals surface area contributed by atoms with Crippen LogP contribution in [0.2, 0.25) is 5.02 Å². The molecule has 1 unspecified atom stereocenters. The fourth-order valence-corrected chi connectivity index (χ4v) is 3.80. The molecule has 10 heteroatoms. The highest BCUT2D eigenvalue weighted by Gasteiger charge is 2.32. The molecule has 2 heterocycles. The number of aromatic nitrogens is 1. The number of urea groups is 1. The molecule has 2 aromatic rings. The number of alkyl halides is 3. The first-order valence-electron chi connectivity index (χ1n) is 9.95. The standard InChI is InChI=1S/C22H23ClF3N3O3/c1-13-8-16(2-3-18(13)22(24,25)26)28-21(32)29-6-4-15(5-7-29)20-19(23)10-14(11-27-20)9-17(31)12-30/h2-4,8,10-11,17,30-31H,5-7,9,12H2,1H3,(H,28,32). The van der Waals surface area contributed by atoms with Crippen molar-refractivity contribution in [1.29, 1.82) is 0 Å². The van der Waals surface area contributed by atoms with Crippen molar-refractivity contribution in [2.45, 2.75) is 32.0 Å². The molecule has 0 bridgehead atoms. The molecule has 1 aromatic carbocycles. The van der Waals surface area contributed by atoms with Crippen LogP contribution in [0.3, 0.4) is 0 Å². The van der Waals surface area contributed by atoms with Crippen LogP contribution >= 0.6 is 11.6 Å². The fourth-order valence-electron chi connectivity index (χ4n) is 3.49. The number of carbonyl (C=O) groups is 1. The minimum Gasteiger partial charge on any atom is -0.394 e. The van der Waals surface area contributed by atoms with E-state index in [9.17, 15) is 23.1 Å². The van der Waals surface area contributed by atoms with Gasteiger partial charge in [-0.2, -0.15) is 13.2 Å². The van der Waals surface area contributed by atoms with Gasteiger partial charge in [0.25, 0.3) is 0 Å². The normalized spacial score (nSPS) is 15.3. The molecule has 0 radical (unpaired) electrons. The van der Waals surface area contributed by atoms with Crippen LogP contribution in [0.5, 0.6) is 0 Å². The van der Waals surface area contributed by atoms with Crippen molar-refractivity contribution in [3.63, 3.8) is 0 Å². The van der Waals surface area contributed by atoms with Crippen molar-refractivity contribution in [2.24, 2.45) is 0 Å². The lowest BCUT2D eigenvalue weighted by Crippen LogP contribution is -2.38. The highest BCUT2D eigenvalue weighted by atomic mass is 35.5. The first-order valence-corrected chi connectivity index (χ1v) is 10.3. The molecule has 172 valence electrons. The molecule has 0 spiro atoms. The number of carbonyl (C=O) groups excluding carboxylic acids is 1. The van der Waals surface area contributed by atoms with E-state index in [0.717, 1.165) is 11.6 Å². The number of nitrogens with one attached hydrogen (secondary N) is 1. The molecule has 32 heavy (non-hydrogen) atoms. The zero-order chi connectivity index (χ0) is 23.5. The Kier molecular flexibility index (Phi) is 7.43. The SMILES string of the molecule is Cc1cc(NC(=O)N2CC=C(c3ncc(CC(O)CO)cc3Cl)CC2)ccc1C(F)(F)F. The van der Waals surface area contributed by atoms with Crippen LogP contribution in [0.15, 0.2) is 36.5 Å². The summed E-state index contributed by atoms with van der Waals surface area (Å²) in [6.07, 6.45) is -1.16. The predicted molar refractivity (Wildman–Crippen MR) is 115 cm³/mol. The van der Waals surface area contributed by atoms with Crippen LogP contribution in [-0.4, -0.2) is 51.9 Å². The molecule has 1 aliphatic heterocycles. The highest BCUT2D eigenvalue weighted by molar-refractivity contribution is 6.32. The van der Waals surface area contributed by atoms with Gasteiger partial charge < -0.3 is 20.4 Å². The summed E-state index contributed by atoms with van der Waals surface area (Å²) >= 11 is 6.33. The first kappa shape index (κ1) is 24.0. The number of halogens is 4. The second kappa shape index (κ2) is 9.89. The van der Waals surface area contributed by atoms with E-state index < -0.39 is 23.9 Å². The molecule has 6 nitrogen and oxygen atoms in total. The lowest BCUT2D eigenvalue weighted by Gasteiger charge is -2.27. The van der Waals surface area contributed by atoms with Crippen molar-refractivity contribution in [1.82, 2.24) is 9.88 Å². The summed E-state index contributed by atoms with van der Waals surface area (Å²) in [5.74, 6) is 0. The lowest BCUT2D eigenvalue weighted by molar-refractivity contribution is -0.138. The van der Waals surface area contributed by atoms with Crippen LogP contribution in [0.25, 0.3) is 5.57 Å². The third kappa shape index (κ3) is 5.79. The van der Waals surface area contributed by atoms with Gasteiger partial charge in [-0.1, -0.05) is 17.7 Å². The average molecular weight is 470 g/mol. The predicted octanol–water partition coefficient (Wildman–Crippen LogP) is 4.28. The zero-order valence-electron chi connectivity index (χ0n) is 17.3. The Morgan fingerprint density at radius 1 is 1.34 bits per heavy atom. The summed E-state index contributed by atoms with van der Waals surface area (Å²) in [6, 6.07) is 4.76. The third-order valence-electron chi connectivity index (χ3n) is 5.16. The first-order chi connectivity index (χ1) is 15.1. The van der Waals surface area contributed by atoms with Crippen LogP contribution < -0.4 is 5.32 Å². The van der Waals surface area contributed by atoms with E-state index >= 15 is 0 Å². The largest absolute Gasteiger partial charge is 0.416 e. The number of aliphatic hydroxyl groups excluding tert-OH is 2. The number of rotatable bonds is 5. The number of hydrogen-bond acceptors (Lipinski definition) is 4. The molecule has 2 amide bonds. The molecule has 3 N–H and O–H groups in total. The maximum atomic E-state index is 12.9. The molecule has 1 atom stereocenters. The van der Waals surface area contributed by atoms with Gasteiger partial charge >= 0.3 is 12.2 Å². The topological polar surface area (TPSA) is 85.7 Å². The zero-order valence-corrected chi connectivity index (χ0v) is 18.0. The van der Waals surface area contributed by atoms with Crippen molar-refractivity contribution in [3.8, 4) is 0 Å². The molecular weight excluding hydrogens is 447 g/mol. The van der Waals surface area contributed by atoms with Gasteiger partial charge in [0, 0.05) is 31.4 Å². The summed E-state index contributed by atoms with van der Waals surface area (Å²) in [4.78, 5) is 18.4. The molecule has 0 saturated heterocycles. The van der Waals surface area contributed by atoms with Gasteiger partial charge in [-0.05, 0) is 54.3 Å². The van der Waals surface area contributed by atoms with Crippen LogP contribution in [-0.2, 0) is 12.6 Å². The highest BCUT2D eigenvalue weighted by Crippen LogP contribution is 2.33. The maximum absolute atomic E-state index is 12.9. The summed E-state index contributed by atoms with van der Waals surface area (Å²) in [6.45, 7) is 1.68. The minimum atomic E-state index is -4.44. The van der Waals surface area contributed by atoms with E-state index in [4.69, 9.17) is 16.7 Å². The number of hydrogen-bond donors (Lipinski definition) is 3. The van der Waals surface area contributed by atoms with Gasteiger partial charge in [0.1, 0.15) is 0 Å². The summed E-state index contributed by atoms with van der Waals surface area (Å²) < 4.78 is 38.7. The van der Waals surface area contributed by atoms with Gasteiger partial charge in [-0.15, -0.1) is 0 Å². The van der Waals surface area contributed by atoms with E-state index in [2.05, 4.69) is 10.3 Å². The Morgan fingerprint density at radius 2 is 2.09 bits per heavy atom. The number of benzene rings is 1. The van der Waals surface area contributed by atoms with E-state index in [1.807, 2.05) is 6.08 Å². The third-order valence-corrected chi connectivity index (χ3v) is 5.45. The van der Waals surface area contributed by atoms with Gasteiger partial charge in [-0.25, -0.2) is 4.79 Å². The molecule has 3 rings (SSSR count). The van der Waals surface area contributed by atoms with Gasteiger partial charge in [-0.3, -0.25) is 4.98 Å². The summed E-state index contributed by atoms with van der Waals surface area (Å²) in [5, 5.41) is 21.5. The number of pyridine rings is 1. The van der Waals surface area contributed by atoms with Gasteiger partial charge in [0.2, 0.25) is 0 Å². The molecule has 1 aliphatic rings. The van der Waals surface area contributed by atoms with E-state index in [1.165, 1.54) is 24.0 Å². The molecule has 0 aliphatic carbocycles. The smallest absolute Gasteiger partial charge is 0.394 e. The summed E-state index contributed by atoms with van der Waals surface area (Å²) in [7, 11) is 0. The van der Waals surface area contributed by atoms with Gasteiger partial charge in [0.05, 0.1) is 29.0 Å². The fraction of sp³-hybridized carbons (Fsp3) is 0.364. The molecule has 0 fully saturated rings. The maximum Gasteiger partial charge on any atom is 0.416 e. The molecule has 0 saturated carbocycles. The second-order valence-corrected chi connectivity index (χ2v) is 8.00. The Balaban J connectivity index is 1.64. The van der Waals surface area contributed by atoms with E-state index in [-0.39, 0.29) is 18.6 Å². The molecule has 1 aromatic heterocycles. The van der Waals surface area contributed by atoms with Crippen LogP contribution in [0, 0.1) is 6.92 Å². The van der Waals surface area contributed by atoms with E-state index in [0.29, 0.717) is 41.5 Å². The number of amides is 2. The number of aliphatic hydroxyl groups is 2. The number of anilines is 1. The minimum absolute atomic E-state index is 0.0341.